The maximum atomic E-state index is 6.51. The first kappa shape index (κ1) is 18.4. The van der Waals surface area contributed by atoms with Crippen LogP contribution in [0, 0.1) is 20.8 Å². The molecule has 0 saturated carbocycles. The van der Waals surface area contributed by atoms with Gasteiger partial charge in [0.2, 0.25) is 0 Å². The van der Waals surface area contributed by atoms with Gasteiger partial charge in [-0.3, -0.25) is 5.10 Å². The highest BCUT2D eigenvalue weighted by Gasteiger charge is 2.38. The van der Waals surface area contributed by atoms with E-state index in [-0.39, 0.29) is 5.60 Å². The van der Waals surface area contributed by atoms with Crippen LogP contribution in [0.3, 0.4) is 0 Å². The molecule has 0 spiro atoms. The molecule has 0 aliphatic carbocycles. The minimum absolute atomic E-state index is 0.283. The Balaban J connectivity index is 1.54. The number of H-pyrrole nitrogens is 1. The third-order valence-corrected chi connectivity index (χ3v) is 6.03. The van der Waals surface area contributed by atoms with Crippen molar-refractivity contribution in [2.45, 2.75) is 39.7 Å². The van der Waals surface area contributed by atoms with E-state index in [0.717, 1.165) is 58.0 Å². The predicted molar refractivity (Wildman–Crippen MR) is 115 cm³/mol. The van der Waals surface area contributed by atoms with Crippen molar-refractivity contribution in [1.82, 2.24) is 10.2 Å². The lowest BCUT2D eigenvalue weighted by atomic mass is 9.91. The first-order chi connectivity index (χ1) is 13.3. The van der Waals surface area contributed by atoms with E-state index in [9.17, 15) is 0 Å². The molecule has 2 heterocycles. The molecule has 2 aromatic carbocycles. The molecule has 3 aromatic rings. The maximum absolute atomic E-state index is 6.51. The lowest BCUT2D eigenvalue weighted by Crippen LogP contribution is -2.43. The molecule has 0 amide bonds. The van der Waals surface area contributed by atoms with Gasteiger partial charge in [-0.2, -0.15) is 5.10 Å². The summed E-state index contributed by atoms with van der Waals surface area (Å²) in [4.78, 5) is 2.25. The largest absolute Gasteiger partial charge is 0.485 e. The Morgan fingerprint density at radius 3 is 2.46 bits per heavy atom. The van der Waals surface area contributed by atoms with Crippen molar-refractivity contribution in [1.29, 1.82) is 0 Å². The van der Waals surface area contributed by atoms with E-state index in [4.69, 9.17) is 10.5 Å². The lowest BCUT2D eigenvalue weighted by molar-refractivity contribution is 0.123. The Kier molecular flexibility index (Phi) is 4.33. The summed E-state index contributed by atoms with van der Waals surface area (Å²) in [6.07, 6.45) is 2.64. The Hall–Kier alpha value is -2.95. The molecular formula is C23H28N4O. The second kappa shape index (κ2) is 6.59. The number of nitrogens with zero attached hydrogens (tertiary/aromatic N) is 2. The van der Waals surface area contributed by atoms with Crippen molar-refractivity contribution in [3.05, 3.63) is 58.8 Å². The lowest BCUT2D eigenvalue weighted by Gasteiger charge is -2.31. The topological polar surface area (TPSA) is 67.2 Å². The van der Waals surface area contributed by atoms with Crippen LogP contribution < -0.4 is 15.4 Å². The second-order valence-corrected chi connectivity index (χ2v) is 8.20. The van der Waals surface area contributed by atoms with E-state index in [0.29, 0.717) is 0 Å². The number of hydrogen-bond donors (Lipinski definition) is 2. The molecule has 3 N–H and O–H groups in total. The highest BCUT2D eigenvalue weighted by atomic mass is 16.5. The van der Waals surface area contributed by atoms with Crippen molar-refractivity contribution < 1.29 is 4.74 Å². The number of rotatable bonds is 4. The van der Waals surface area contributed by atoms with Gasteiger partial charge < -0.3 is 15.4 Å². The zero-order valence-electron chi connectivity index (χ0n) is 17.3. The van der Waals surface area contributed by atoms with E-state index in [2.05, 4.69) is 74.1 Å². The van der Waals surface area contributed by atoms with Crippen molar-refractivity contribution in [2.24, 2.45) is 0 Å². The molecule has 1 unspecified atom stereocenters. The molecule has 1 atom stereocenters. The number of nitrogen functional groups attached to an aromatic ring is 1. The van der Waals surface area contributed by atoms with Crippen LogP contribution in [0.15, 0.2) is 36.5 Å². The summed E-state index contributed by atoms with van der Waals surface area (Å²) in [7, 11) is 2.11. The van der Waals surface area contributed by atoms with Crippen LogP contribution in [0.4, 0.5) is 11.4 Å². The number of fused-ring (bicyclic) bond motifs is 1. The summed E-state index contributed by atoms with van der Waals surface area (Å²) >= 11 is 0. The molecule has 5 heteroatoms. The monoisotopic (exact) mass is 376 g/mol. The highest BCUT2D eigenvalue weighted by Crippen LogP contribution is 2.44. The van der Waals surface area contributed by atoms with E-state index in [1.165, 1.54) is 5.56 Å². The van der Waals surface area contributed by atoms with Crippen LogP contribution in [0.25, 0.3) is 11.3 Å². The number of hydrogen-bond acceptors (Lipinski definition) is 4. The first-order valence-electron chi connectivity index (χ1n) is 9.67. The van der Waals surface area contributed by atoms with Gasteiger partial charge in [0, 0.05) is 36.6 Å². The van der Waals surface area contributed by atoms with Gasteiger partial charge in [0.05, 0.1) is 12.2 Å². The molecule has 0 fully saturated rings. The maximum Gasteiger partial charge on any atom is 0.128 e. The van der Waals surface area contributed by atoms with E-state index >= 15 is 0 Å². The summed E-state index contributed by atoms with van der Waals surface area (Å²) in [5, 5.41) is 7.02. The number of aromatic amines is 1. The summed E-state index contributed by atoms with van der Waals surface area (Å²) in [5.41, 5.74) is 14.9. The zero-order chi connectivity index (χ0) is 20.1. The molecule has 5 nitrogen and oxygen atoms in total. The average molecular weight is 377 g/mol. The summed E-state index contributed by atoms with van der Waals surface area (Å²) < 4.78 is 6.51. The average Bonchev–Trinajstić information content (AvgIpc) is 3.33. The molecule has 28 heavy (non-hydrogen) atoms. The van der Waals surface area contributed by atoms with Gasteiger partial charge in [-0.15, -0.1) is 0 Å². The van der Waals surface area contributed by atoms with Crippen molar-refractivity contribution in [3.8, 4) is 17.0 Å². The molecule has 0 radical (unpaired) electrons. The van der Waals surface area contributed by atoms with Gasteiger partial charge in [0.15, 0.2) is 0 Å². The van der Waals surface area contributed by atoms with Gasteiger partial charge in [-0.05, 0) is 68.1 Å². The van der Waals surface area contributed by atoms with E-state index < -0.39 is 0 Å². The number of benzene rings is 2. The molecular weight excluding hydrogens is 348 g/mol. The van der Waals surface area contributed by atoms with Gasteiger partial charge in [0.1, 0.15) is 11.4 Å². The van der Waals surface area contributed by atoms with E-state index in [1.807, 2.05) is 6.07 Å². The highest BCUT2D eigenvalue weighted by molar-refractivity contribution is 5.67. The van der Waals surface area contributed by atoms with Crippen LogP contribution in [0.1, 0.15) is 29.2 Å². The number of nitrogens with two attached hydrogens (primary N) is 1. The minimum Gasteiger partial charge on any atom is -0.485 e. The summed E-state index contributed by atoms with van der Waals surface area (Å²) in [6, 6.07) is 10.5. The van der Waals surface area contributed by atoms with Crippen molar-refractivity contribution >= 4 is 11.4 Å². The van der Waals surface area contributed by atoms with Crippen molar-refractivity contribution in [2.75, 3.05) is 24.2 Å². The SMILES string of the molecule is Cc1c(C)c2c(c(C)c1N)CC(C)(CN(C)c1ccc(-c3ccn[nH]3)cc1)O2. The molecule has 4 rings (SSSR count). The molecule has 1 aromatic heterocycles. The fourth-order valence-electron chi connectivity index (χ4n) is 4.21. The second-order valence-electron chi connectivity index (χ2n) is 8.20. The third kappa shape index (κ3) is 3.01. The first-order valence-corrected chi connectivity index (χ1v) is 9.67. The number of ether oxygens (including phenoxy) is 1. The Bertz CT molecular complexity index is 969. The van der Waals surface area contributed by atoms with Crippen LogP contribution >= 0.6 is 0 Å². The van der Waals surface area contributed by atoms with Crippen LogP contribution in [0.2, 0.25) is 0 Å². The summed E-state index contributed by atoms with van der Waals surface area (Å²) in [5.74, 6) is 1.02. The number of likely N-dealkylation sites (N-methyl/N-ethyl adjacent to an activating group) is 1. The predicted octanol–water partition coefficient (Wildman–Crippen LogP) is 4.41. The fourth-order valence-corrected chi connectivity index (χ4v) is 4.21. The Morgan fingerprint density at radius 2 is 1.82 bits per heavy atom. The molecule has 1 aliphatic rings. The van der Waals surface area contributed by atoms with Gasteiger partial charge in [0.25, 0.3) is 0 Å². The number of nitrogens with one attached hydrogen (secondary N) is 1. The van der Waals surface area contributed by atoms with Gasteiger partial charge in [-0.1, -0.05) is 12.1 Å². The smallest absolute Gasteiger partial charge is 0.128 e. The Morgan fingerprint density at radius 1 is 1.11 bits per heavy atom. The standard InChI is InChI=1S/C23H28N4O/c1-14-15(2)22-19(16(3)21(14)24)12-23(4,28-22)13-27(5)18-8-6-17(7-9-18)20-10-11-25-26-20/h6-11H,12-13,24H2,1-5H3,(H,25,26). The molecule has 0 saturated heterocycles. The van der Waals surface area contributed by atoms with Crippen molar-refractivity contribution in [3.63, 3.8) is 0 Å². The Labute approximate surface area is 166 Å². The normalized spacial score (nSPS) is 18.0. The van der Waals surface area contributed by atoms with E-state index in [1.54, 1.807) is 6.20 Å². The quantitative estimate of drug-likeness (QED) is 0.662. The molecule has 1 aliphatic heterocycles. The molecule has 146 valence electrons. The van der Waals surface area contributed by atoms with Crippen LogP contribution in [0.5, 0.6) is 5.75 Å². The summed E-state index contributed by atoms with van der Waals surface area (Å²) in [6.45, 7) is 9.27. The van der Waals surface area contributed by atoms with Crippen LogP contribution in [-0.2, 0) is 6.42 Å². The molecule has 0 bridgehead atoms. The van der Waals surface area contributed by atoms with Gasteiger partial charge in [-0.25, -0.2) is 0 Å². The minimum atomic E-state index is -0.283. The number of aromatic nitrogens is 2. The van der Waals surface area contributed by atoms with Crippen LogP contribution in [-0.4, -0.2) is 29.4 Å². The number of anilines is 2. The fraction of sp³-hybridized carbons (Fsp3) is 0.348. The zero-order valence-corrected chi connectivity index (χ0v) is 17.3. The third-order valence-electron chi connectivity index (χ3n) is 6.03. The van der Waals surface area contributed by atoms with Gasteiger partial charge >= 0.3 is 0 Å².